The summed E-state index contributed by atoms with van der Waals surface area (Å²) in [5.74, 6) is 0.749. The van der Waals surface area contributed by atoms with Crippen molar-refractivity contribution in [1.82, 2.24) is 9.97 Å². The molecule has 9 rings (SSSR count). The maximum absolute atomic E-state index is 4.81. The van der Waals surface area contributed by atoms with Gasteiger partial charge in [0.15, 0.2) is 5.82 Å². The molecule has 208 valence electrons. The Labute approximate surface area is 257 Å². The third-order valence-corrected chi connectivity index (χ3v) is 10.0. The maximum Gasteiger partial charge on any atom is 0.159 e. The minimum Gasteiger partial charge on any atom is -0.236 e. The monoisotopic (exact) mass is 562 g/mol. The summed E-state index contributed by atoms with van der Waals surface area (Å²) in [4.78, 5) is 9.46. The molecule has 2 nitrogen and oxygen atoms in total. The van der Waals surface area contributed by atoms with Crippen LogP contribution in [0.15, 0.2) is 146 Å². The van der Waals surface area contributed by atoms with Gasteiger partial charge in [0.25, 0.3) is 0 Å². The van der Waals surface area contributed by atoms with Crippen molar-refractivity contribution in [3.63, 3.8) is 0 Å². The number of fused-ring (bicyclic) bond motifs is 10. The summed E-state index contributed by atoms with van der Waals surface area (Å²) in [6.45, 7) is 4.77. The Morgan fingerprint density at radius 3 is 1.73 bits per heavy atom. The zero-order valence-corrected chi connectivity index (χ0v) is 24.8. The van der Waals surface area contributed by atoms with Crippen LogP contribution in [0.2, 0.25) is 0 Å². The molecule has 2 aliphatic rings. The smallest absolute Gasteiger partial charge is 0.159 e. The van der Waals surface area contributed by atoms with Gasteiger partial charge >= 0.3 is 0 Å². The molecule has 0 amide bonds. The van der Waals surface area contributed by atoms with Gasteiger partial charge in [0, 0.05) is 22.6 Å². The van der Waals surface area contributed by atoms with E-state index in [2.05, 4.69) is 134 Å². The Morgan fingerprint density at radius 1 is 0.455 bits per heavy atom. The van der Waals surface area contributed by atoms with Crippen LogP contribution in [0.25, 0.3) is 44.5 Å². The quantitative estimate of drug-likeness (QED) is 0.210. The lowest BCUT2D eigenvalue weighted by atomic mass is 9.55. The molecule has 0 saturated carbocycles. The van der Waals surface area contributed by atoms with Crippen LogP contribution in [-0.4, -0.2) is 9.97 Å². The van der Waals surface area contributed by atoms with Crippen LogP contribution in [0, 0.1) is 0 Å². The third kappa shape index (κ3) is 3.31. The maximum atomic E-state index is 4.81. The number of aromatic nitrogens is 2. The van der Waals surface area contributed by atoms with Crippen molar-refractivity contribution in [1.29, 1.82) is 0 Å². The van der Waals surface area contributed by atoms with Crippen molar-refractivity contribution in [3.05, 3.63) is 179 Å². The largest absolute Gasteiger partial charge is 0.236 e. The van der Waals surface area contributed by atoms with Crippen molar-refractivity contribution in [2.24, 2.45) is 0 Å². The van der Waals surface area contributed by atoms with E-state index >= 15 is 0 Å². The highest BCUT2D eigenvalue weighted by Gasteiger charge is 2.53. The lowest BCUT2D eigenvalue weighted by Crippen LogP contribution is -2.40. The third-order valence-electron chi connectivity index (χ3n) is 10.0. The molecule has 0 fully saturated rings. The average Bonchev–Trinajstić information content (AvgIpc) is 3.38. The number of hydrogen-bond acceptors (Lipinski definition) is 2. The Morgan fingerprint density at radius 2 is 1.00 bits per heavy atom. The van der Waals surface area contributed by atoms with E-state index in [4.69, 9.17) is 4.98 Å². The first-order valence-corrected chi connectivity index (χ1v) is 15.3. The predicted molar refractivity (Wildman–Crippen MR) is 180 cm³/mol. The molecule has 44 heavy (non-hydrogen) atoms. The Bertz CT molecular complexity index is 2210. The lowest BCUT2D eigenvalue weighted by molar-refractivity contribution is 0.563. The minimum absolute atomic E-state index is 0.168. The van der Waals surface area contributed by atoms with Crippen molar-refractivity contribution >= 4 is 10.9 Å². The fourth-order valence-corrected chi connectivity index (χ4v) is 7.95. The van der Waals surface area contributed by atoms with E-state index in [1.807, 2.05) is 30.5 Å². The summed E-state index contributed by atoms with van der Waals surface area (Å²) < 4.78 is 0. The molecule has 2 heteroatoms. The molecule has 0 N–H and O–H groups in total. The van der Waals surface area contributed by atoms with Crippen LogP contribution >= 0.6 is 0 Å². The molecule has 2 aliphatic carbocycles. The van der Waals surface area contributed by atoms with E-state index in [-0.39, 0.29) is 10.8 Å². The van der Waals surface area contributed by atoms with Gasteiger partial charge in [-0.25, -0.2) is 9.97 Å². The summed E-state index contributed by atoms with van der Waals surface area (Å²) in [7, 11) is 0. The minimum atomic E-state index is -0.357. The molecule has 6 aromatic carbocycles. The van der Waals surface area contributed by atoms with Gasteiger partial charge in [-0.2, -0.15) is 0 Å². The first-order valence-electron chi connectivity index (χ1n) is 15.3. The van der Waals surface area contributed by atoms with Crippen molar-refractivity contribution in [2.75, 3.05) is 0 Å². The summed E-state index contributed by atoms with van der Waals surface area (Å²) >= 11 is 0. The van der Waals surface area contributed by atoms with Crippen LogP contribution in [0.3, 0.4) is 0 Å². The second kappa shape index (κ2) is 9.08. The first kappa shape index (κ1) is 25.2. The number of rotatable bonds is 2. The highest BCUT2D eigenvalue weighted by Crippen LogP contribution is 2.62. The number of para-hydroxylation sites is 1. The van der Waals surface area contributed by atoms with Crippen molar-refractivity contribution in [3.8, 4) is 33.6 Å². The molecule has 1 heterocycles. The lowest BCUT2D eigenvalue weighted by Gasteiger charge is -2.46. The van der Waals surface area contributed by atoms with Gasteiger partial charge in [0.2, 0.25) is 0 Å². The average molecular weight is 563 g/mol. The molecule has 0 unspecified atom stereocenters. The van der Waals surface area contributed by atoms with Crippen LogP contribution in [0.1, 0.15) is 47.2 Å². The molecule has 0 saturated heterocycles. The fourth-order valence-electron chi connectivity index (χ4n) is 7.95. The molecule has 1 spiro atoms. The SMILES string of the molecule is CC1(C)c2ccccc2C2(c3ccccc3-c3ccccc32)c2ccc(-c3ccc(-c4ncc5ccccc5n4)cc3)cc21. The van der Waals surface area contributed by atoms with E-state index in [9.17, 15) is 0 Å². The van der Waals surface area contributed by atoms with Crippen LogP contribution in [-0.2, 0) is 10.8 Å². The number of nitrogens with zero attached hydrogens (tertiary/aromatic N) is 2. The predicted octanol–water partition coefficient (Wildman–Crippen LogP) is 9.97. The van der Waals surface area contributed by atoms with Gasteiger partial charge in [-0.05, 0) is 67.8 Å². The van der Waals surface area contributed by atoms with Gasteiger partial charge in [0.1, 0.15) is 0 Å². The van der Waals surface area contributed by atoms with Gasteiger partial charge in [-0.1, -0.05) is 141 Å². The van der Waals surface area contributed by atoms with Gasteiger partial charge < -0.3 is 0 Å². The summed E-state index contributed by atoms with van der Waals surface area (Å²) in [5.41, 5.74) is 14.8. The molecular formula is C42H30N2. The van der Waals surface area contributed by atoms with E-state index in [0.717, 1.165) is 22.3 Å². The van der Waals surface area contributed by atoms with Crippen molar-refractivity contribution in [2.45, 2.75) is 24.7 Å². The first-order chi connectivity index (χ1) is 21.6. The second-order valence-corrected chi connectivity index (χ2v) is 12.6. The molecular weight excluding hydrogens is 532 g/mol. The summed E-state index contributed by atoms with van der Waals surface area (Å²) in [6.07, 6.45) is 1.91. The molecule has 0 radical (unpaired) electrons. The van der Waals surface area contributed by atoms with Crippen molar-refractivity contribution < 1.29 is 0 Å². The van der Waals surface area contributed by atoms with E-state index in [0.29, 0.717) is 0 Å². The summed E-state index contributed by atoms with van der Waals surface area (Å²) in [6, 6.07) is 51.1. The Hall–Kier alpha value is -5.34. The normalized spacial score (nSPS) is 15.0. The number of hydrogen-bond donors (Lipinski definition) is 0. The summed E-state index contributed by atoms with van der Waals surface area (Å²) in [5, 5.41) is 1.05. The van der Waals surface area contributed by atoms with Gasteiger partial charge in [-0.15, -0.1) is 0 Å². The van der Waals surface area contributed by atoms with Gasteiger partial charge in [0.05, 0.1) is 10.9 Å². The van der Waals surface area contributed by atoms with E-state index in [1.165, 1.54) is 55.6 Å². The van der Waals surface area contributed by atoms with E-state index in [1.54, 1.807) is 0 Å². The Kier molecular flexibility index (Phi) is 5.20. The molecule has 0 bridgehead atoms. The molecule has 0 aliphatic heterocycles. The standard InChI is InChI=1S/C42H30N2/c1-41(2)35-16-8-9-17-36(35)42(33-14-6-4-12-31(33)32-13-5-7-15-34(32)42)37-24-23-29(25-38(37)41)27-19-21-28(22-20-27)40-43-26-30-11-3-10-18-39(30)44-40/h3-26H,1-2H3. The second-order valence-electron chi connectivity index (χ2n) is 12.6. The Balaban J connectivity index is 1.23. The van der Waals surface area contributed by atoms with Gasteiger partial charge in [-0.3, -0.25) is 0 Å². The zero-order valence-electron chi connectivity index (χ0n) is 24.8. The topological polar surface area (TPSA) is 25.8 Å². The molecule has 1 aromatic heterocycles. The van der Waals surface area contributed by atoms with E-state index < -0.39 is 0 Å². The highest BCUT2D eigenvalue weighted by atomic mass is 14.9. The van der Waals surface area contributed by atoms with Crippen LogP contribution in [0.5, 0.6) is 0 Å². The van der Waals surface area contributed by atoms with Crippen LogP contribution in [0.4, 0.5) is 0 Å². The zero-order chi connectivity index (χ0) is 29.5. The fraction of sp³-hybridized carbons (Fsp3) is 0.0952. The number of benzene rings is 6. The highest BCUT2D eigenvalue weighted by molar-refractivity contribution is 5.89. The molecule has 0 atom stereocenters. The van der Waals surface area contributed by atoms with Crippen LogP contribution < -0.4 is 0 Å². The molecule has 7 aromatic rings.